The van der Waals surface area contributed by atoms with Gasteiger partial charge in [0, 0.05) is 10.0 Å². The second-order valence-electron chi connectivity index (χ2n) is 5.32. The molecule has 0 saturated heterocycles. The van der Waals surface area contributed by atoms with Crippen LogP contribution in [0.25, 0.3) is 0 Å². The quantitative estimate of drug-likeness (QED) is 0.622. The number of carbonyl (C=O) groups excluding carboxylic acids is 1. The first kappa shape index (κ1) is 16.7. The number of nitrogens with zero attached hydrogens (tertiary/aromatic N) is 1. The Bertz CT molecular complexity index is 762. The Kier molecular flexibility index (Phi) is 5.28. The normalized spacial score (nSPS) is 10.8. The molecule has 0 saturated carbocycles. The maximum atomic E-state index is 12.8. The summed E-state index contributed by atoms with van der Waals surface area (Å²) >= 11 is 12.1. The Morgan fingerprint density at radius 3 is 2.08 bits per heavy atom. The minimum absolute atomic E-state index is 0.0768. The van der Waals surface area contributed by atoms with E-state index in [1.165, 1.54) is 0 Å². The average Bonchev–Trinajstić information content (AvgIpc) is 3.23. The number of furan rings is 2. The molecule has 0 aliphatic heterocycles. The third-order valence-corrected chi connectivity index (χ3v) is 4.15. The minimum Gasteiger partial charge on any atom is -0.467 e. The van der Waals surface area contributed by atoms with E-state index in [2.05, 4.69) is 0 Å². The summed E-state index contributed by atoms with van der Waals surface area (Å²) in [6.45, 7) is 0.718. The molecule has 3 rings (SSSR count). The maximum Gasteiger partial charge on any atom is 0.227 e. The number of hydrogen-bond donors (Lipinski definition) is 0. The number of hydrogen-bond acceptors (Lipinski definition) is 3. The molecule has 0 aliphatic rings. The van der Waals surface area contributed by atoms with E-state index in [1.807, 2.05) is 12.1 Å². The van der Waals surface area contributed by atoms with E-state index >= 15 is 0 Å². The Morgan fingerprint density at radius 2 is 1.58 bits per heavy atom. The van der Waals surface area contributed by atoms with Gasteiger partial charge < -0.3 is 13.7 Å². The molecular formula is C18H15Cl2NO3. The van der Waals surface area contributed by atoms with Gasteiger partial charge in [-0.15, -0.1) is 0 Å². The van der Waals surface area contributed by atoms with E-state index < -0.39 is 0 Å². The third-order valence-electron chi connectivity index (χ3n) is 3.56. The van der Waals surface area contributed by atoms with Gasteiger partial charge in [0.1, 0.15) is 11.5 Å². The lowest BCUT2D eigenvalue weighted by atomic mass is 10.1. The molecule has 0 bridgehead atoms. The summed E-state index contributed by atoms with van der Waals surface area (Å²) in [7, 11) is 0. The average molecular weight is 364 g/mol. The molecule has 0 atom stereocenters. The lowest BCUT2D eigenvalue weighted by Crippen LogP contribution is -2.31. The SMILES string of the molecule is O=C(Cc1ccc(Cl)cc1Cl)N(Cc1ccco1)Cc1ccco1. The first-order valence-electron chi connectivity index (χ1n) is 7.38. The van der Waals surface area contributed by atoms with Crippen LogP contribution in [-0.2, 0) is 24.3 Å². The summed E-state index contributed by atoms with van der Waals surface area (Å²) in [5.74, 6) is 1.33. The van der Waals surface area contributed by atoms with Crippen LogP contribution in [0.1, 0.15) is 17.1 Å². The molecule has 0 radical (unpaired) electrons. The molecule has 0 spiro atoms. The number of rotatable bonds is 6. The highest BCUT2D eigenvalue weighted by atomic mass is 35.5. The molecule has 0 N–H and O–H groups in total. The summed E-state index contributed by atoms with van der Waals surface area (Å²) in [5, 5.41) is 1.02. The Morgan fingerprint density at radius 1 is 0.958 bits per heavy atom. The molecule has 0 unspecified atom stereocenters. The van der Waals surface area contributed by atoms with E-state index in [1.54, 1.807) is 47.8 Å². The molecule has 1 amide bonds. The standard InChI is InChI=1S/C18H15Cl2NO3/c19-14-6-5-13(17(20)10-14)9-18(22)21(11-15-3-1-7-23-15)12-16-4-2-8-24-16/h1-8,10H,9,11-12H2. The summed E-state index contributed by atoms with van der Waals surface area (Å²) in [6, 6.07) is 12.4. The molecule has 2 heterocycles. The fraction of sp³-hybridized carbons (Fsp3) is 0.167. The zero-order valence-electron chi connectivity index (χ0n) is 12.7. The van der Waals surface area contributed by atoms with Gasteiger partial charge in [0.2, 0.25) is 5.91 Å². The second-order valence-corrected chi connectivity index (χ2v) is 6.16. The lowest BCUT2D eigenvalue weighted by molar-refractivity contribution is -0.132. The number of benzene rings is 1. The fourth-order valence-electron chi connectivity index (χ4n) is 2.35. The summed E-state index contributed by atoms with van der Waals surface area (Å²) in [5.41, 5.74) is 0.731. The van der Waals surface area contributed by atoms with Crippen molar-refractivity contribution in [3.05, 3.63) is 82.1 Å². The highest BCUT2D eigenvalue weighted by Gasteiger charge is 2.18. The largest absolute Gasteiger partial charge is 0.467 e. The van der Waals surface area contributed by atoms with Crippen LogP contribution in [-0.4, -0.2) is 10.8 Å². The zero-order chi connectivity index (χ0) is 16.9. The van der Waals surface area contributed by atoms with E-state index in [4.69, 9.17) is 32.0 Å². The van der Waals surface area contributed by atoms with Gasteiger partial charge in [-0.25, -0.2) is 0 Å². The summed E-state index contributed by atoms with van der Waals surface area (Å²) < 4.78 is 10.7. The van der Waals surface area contributed by atoms with E-state index in [9.17, 15) is 4.79 Å². The van der Waals surface area contributed by atoms with Crippen LogP contribution in [0, 0.1) is 0 Å². The van der Waals surface area contributed by atoms with Crippen molar-refractivity contribution in [1.82, 2.24) is 4.90 Å². The molecule has 0 fully saturated rings. The van der Waals surface area contributed by atoms with Gasteiger partial charge in [0.25, 0.3) is 0 Å². The maximum absolute atomic E-state index is 12.8. The van der Waals surface area contributed by atoms with Gasteiger partial charge in [-0.3, -0.25) is 4.79 Å². The second kappa shape index (κ2) is 7.60. The van der Waals surface area contributed by atoms with Crippen LogP contribution in [0.15, 0.2) is 63.8 Å². The van der Waals surface area contributed by atoms with Gasteiger partial charge in [-0.2, -0.15) is 0 Å². The first-order valence-corrected chi connectivity index (χ1v) is 8.14. The van der Waals surface area contributed by atoms with Crippen LogP contribution in [0.4, 0.5) is 0 Å². The topological polar surface area (TPSA) is 46.6 Å². The van der Waals surface area contributed by atoms with Crippen LogP contribution in [0.2, 0.25) is 10.0 Å². The number of amides is 1. The van der Waals surface area contributed by atoms with Crippen molar-refractivity contribution < 1.29 is 13.6 Å². The predicted octanol–water partition coefficient (Wildman–Crippen LogP) is 4.95. The van der Waals surface area contributed by atoms with Crippen molar-refractivity contribution in [2.24, 2.45) is 0 Å². The lowest BCUT2D eigenvalue weighted by Gasteiger charge is -2.21. The zero-order valence-corrected chi connectivity index (χ0v) is 14.3. The van der Waals surface area contributed by atoms with Gasteiger partial charge in [-0.1, -0.05) is 29.3 Å². The monoisotopic (exact) mass is 363 g/mol. The Balaban J connectivity index is 1.76. The van der Waals surface area contributed by atoms with E-state index in [0.29, 0.717) is 34.7 Å². The summed E-state index contributed by atoms with van der Waals surface area (Å²) in [4.78, 5) is 14.4. The van der Waals surface area contributed by atoms with Gasteiger partial charge in [0.05, 0.1) is 32.0 Å². The molecule has 1 aromatic carbocycles. The van der Waals surface area contributed by atoms with Gasteiger partial charge in [0.15, 0.2) is 0 Å². The molecule has 24 heavy (non-hydrogen) atoms. The predicted molar refractivity (Wildman–Crippen MR) is 91.8 cm³/mol. The van der Waals surface area contributed by atoms with Gasteiger partial charge >= 0.3 is 0 Å². The van der Waals surface area contributed by atoms with Crippen molar-refractivity contribution in [1.29, 1.82) is 0 Å². The Hall–Kier alpha value is -2.17. The van der Waals surface area contributed by atoms with Crippen molar-refractivity contribution in [2.75, 3.05) is 0 Å². The van der Waals surface area contributed by atoms with Crippen molar-refractivity contribution in [3.8, 4) is 0 Å². The molecule has 3 aromatic rings. The third kappa shape index (κ3) is 4.22. The van der Waals surface area contributed by atoms with E-state index in [0.717, 1.165) is 5.56 Å². The highest BCUT2D eigenvalue weighted by molar-refractivity contribution is 6.35. The molecule has 4 nitrogen and oxygen atoms in total. The van der Waals surface area contributed by atoms with Crippen LogP contribution >= 0.6 is 23.2 Å². The number of halogens is 2. The van der Waals surface area contributed by atoms with E-state index in [-0.39, 0.29) is 12.3 Å². The van der Waals surface area contributed by atoms with Gasteiger partial charge in [-0.05, 0) is 42.0 Å². The highest BCUT2D eigenvalue weighted by Crippen LogP contribution is 2.22. The molecule has 0 aliphatic carbocycles. The Labute approximate surface area is 149 Å². The smallest absolute Gasteiger partial charge is 0.227 e. The van der Waals surface area contributed by atoms with Crippen molar-refractivity contribution >= 4 is 29.1 Å². The first-order chi connectivity index (χ1) is 11.6. The van der Waals surface area contributed by atoms with Crippen LogP contribution in [0.3, 0.4) is 0 Å². The van der Waals surface area contributed by atoms with Crippen molar-refractivity contribution in [2.45, 2.75) is 19.5 Å². The van der Waals surface area contributed by atoms with Crippen LogP contribution in [0.5, 0.6) is 0 Å². The molecular weight excluding hydrogens is 349 g/mol. The molecule has 6 heteroatoms. The fourth-order valence-corrected chi connectivity index (χ4v) is 2.83. The van der Waals surface area contributed by atoms with Crippen molar-refractivity contribution in [3.63, 3.8) is 0 Å². The summed E-state index contributed by atoms with van der Waals surface area (Å²) in [6.07, 6.45) is 3.35. The minimum atomic E-state index is -0.0768. The molecule has 2 aromatic heterocycles. The number of carbonyl (C=O) groups is 1. The molecule has 124 valence electrons. The van der Waals surface area contributed by atoms with Crippen LogP contribution < -0.4 is 0 Å².